The number of anilines is 1. The van der Waals surface area contributed by atoms with Crippen molar-refractivity contribution in [2.75, 3.05) is 45.3 Å². The molecule has 184 valence electrons. The first-order valence-electron chi connectivity index (χ1n) is 11.7. The molecular formula is C27H27N5O3S. The first kappa shape index (κ1) is 23.7. The number of amides is 1. The Bertz CT molecular complexity index is 1350. The maximum atomic E-state index is 13.2. The summed E-state index contributed by atoms with van der Waals surface area (Å²) in [6, 6.07) is 19.6. The second-order valence-electron chi connectivity index (χ2n) is 8.43. The number of ether oxygens (including phenoxy) is 2. The smallest absolute Gasteiger partial charge is 0.265 e. The van der Waals surface area contributed by atoms with Gasteiger partial charge in [0.1, 0.15) is 9.88 Å². The summed E-state index contributed by atoms with van der Waals surface area (Å²) in [4.78, 5) is 22.6. The van der Waals surface area contributed by atoms with Crippen molar-refractivity contribution in [1.29, 1.82) is 0 Å². The summed E-state index contributed by atoms with van der Waals surface area (Å²) in [5.41, 5.74) is 3.47. The van der Waals surface area contributed by atoms with Crippen LogP contribution < -0.4 is 14.4 Å². The van der Waals surface area contributed by atoms with Crippen LogP contribution in [0.15, 0.2) is 60.7 Å². The molecule has 9 heteroatoms. The number of benzene rings is 2. The highest BCUT2D eigenvalue weighted by Gasteiger charge is 2.26. The van der Waals surface area contributed by atoms with Gasteiger partial charge in [-0.25, -0.2) is 4.98 Å². The number of piperazine rings is 1. The Morgan fingerprint density at radius 2 is 1.61 bits per heavy atom. The number of hydrogen-bond acceptors (Lipinski definition) is 8. The zero-order valence-corrected chi connectivity index (χ0v) is 21.3. The molecule has 2 aromatic carbocycles. The fourth-order valence-electron chi connectivity index (χ4n) is 4.22. The Morgan fingerprint density at radius 3 is 2.28 bits per heavy atom. The Labute approximate surface area is 214 Å². The van der Waals surface area contributed by atoms with Crippen LogP contribution in [-0.2, 0) is 0 Å². The number of carbonyl (C=O) groups is 1. The molecule has 1 fully saturated rings. The fraction of sp³-hybridized carbons (Fsp3) is 0.259. The minimum atomic E-state index is 0.0433. The van der Waals surface area contributed by atoms with E-state index in [0.29, 0.717) is 42.6 Å². The molecular weight excluding hydrogens is 474 g/mol. The predicted octanol–water partition coefficient (Wildman–Crippen LogP) is 4.56. The molecule has 1 aliphatic heterocycles. The van der Waals surface area contributed by atoms with Crippen LogP contribution in [-0.4, -0.2) is 66.4 Å². The van der Waals surface area contributed by atoms with Crippen molar-refractivity contribution < 1.29 is 14.3 Å². The third-order valence-corrected chi connectivity index (χ3v) is 7.43. The van der Waals surface area contributed by atoms with Crippen LogP contribution >= 0.6 is 11.3 Å². The van der Waals surface area contributed by atoms with E-state index in [4.69, 9.17) is 9.47 Å². The van der Waals surface area contributed by atoms with E-state index in [1.54, 1.807) is 14.2 Å². The van der Waals surface area contributed by atoms with Gasteiger partial charge >= 0.3 is 0 Å². The first-order chi connectivity index (χ1) is 17.6. The summed E-state index contributed by atoms with van der Waals surface area (Å²) in [6.07, 6.45) is 0. The summed E-state index contributed by atoms with van der Waals surface area (Å²) in [5, 5.41) is 9.75. The zero-order chi connectivity index (χ0) is 25.1. The third kappa shape index (κ3) is 4.74. The standard InChI is InChI=1S/C27H27N5O3S/c1-18-25(36-26(28-18)19-7-5-4-6-8-19)27(33)32-15-13-31(14-16-32)24-12-10-21(29-30-24)20-9-11-22(34-2)23(17-20)35-3/h4-12,17H,13-16H2,1-3H3. The van der Waals surface area contributed by atoms with Gasteiger partial charge in [0.2, 0.25) is 0 Å². The van der Waals surface area contributed by atoms with Crippen LogP contribution in [0.4, 0.5) is 5.82 Å². The summed E-state index contributed by atoms with van der Waals surface area (Å²) in [5.74, 6) is 2.16. The Morgan fingerprint density at radius 1 is 0.861 bits per heavy atom. The van der Waals surface area contributed by atoms with Crippen molar-refractivity contribution in [2.24, 2.45) is 0 Å². The monoisotopic (exact) mass is 501 g/mol. The Hall–Kier alpha value is -3.98. The number of nitrogens with zero attached hydrogens (tertiary/aromatic N) is 5. The number of methoxy groups -OCH3 is 2. The van der Waals surface area contributed by atoms with Crippen molar-refractivity contribution in [2.45, 2.75) is 6.92 Å². The minimum absolute atomic E-state index is 0.0433. The van der Waals surface area contributed by atoms with Crippen LogP contribution in [0, 0.1) is 6.92 Å². The molecule has 8 nitrogen and oxygen atoms in total. The summed E-state index contributed by atoms with van der Waals surface area (Å²) in [6.45, 7) is 4.53. The first-order valence-corrected chi connectivity index (χ1v) is 12.5. The van der Waals surface area contributed by atoms with E-state index in [1.807, 2.05) is 72.5 Å². The fourth-order valence-corrected chi connectivity index (χ4v) is 5.26. The second kappa shape index (κ2) is 10.3. The van der Waals surface area contributed by atoms with Crippen molar-refractivity contribution in [3.8, 4) is 33.3 Å². The normalized spacial score (nSPS) is 13.5. The molecule has 1 amide bonds. The Kier molecular flexibility index (Phi) is 6.81. The molecule has 0 saturated carbocycles. The van der Waals surface area contributed by atoms with Gasteiger partial charge < -0.3 is 19.3 Å². The molecule has 1 saturated heterocycles. The lowest BCUT2D eigenvalue weighted by Gasteiger charge is -2.35. The molecule has 0 bridgehead atoms. The molecule has 1 aliphatic rings. The third-order valence-electron chi connectivity index (χ3n) is 6.23. The van der Waals surface area contributed by atoms with Gasteiger partial charge in [-0.2, -0.15) is 0 Å². The number of aryl methyl sites for hydroxylation is 1. The summed E-state index contributed by atoms with van der Waals surface area (Å²) < 4.78 is 10.7. The number of carbonyl (C=O) groups excluding carboxylic acids is 1. The molecule has 0 N–H and O–H groups in total. The highest BCUT2D eigenvalue weighted by Crippen LogP contribution is 2.32. The average molecular weight is 502 g/mol. The molecule has 3 heterocycles. The highest BCUT2D eigenvalue weighted by molar-refractivity contribution is 7.17. The van der Waals surface area contributed by atoms with Gasteiger partial charge in [0.15, 0.2) is 17.3 Å². The molecule has 0 unspecified atom stereocenters. The van der Waals surface area contributed by atoms with Crippen LogP contribution in [0.3, 0.4) is 0 Å². The van der Waals surface area contributed by atoms with E-state index in [0.717, 1.165) is 33.3 Å². The topological polar surface area (TPSA) is 80.7 Å². The predicted molar refractivity (Wildman–Crippen MR) is 141 cm³/mol. The number of thiazole rings is 1. The van der Waals surface area contributed by atoms with Crippen LogP contribution in [0.5, 0.6) is 11.5 Å². The van der Waals surface area contributed by atoms with Crippen molar-refractivity contribution in [3.63, 3.8) is 0 Å². The van der Waals surface area contributed by atoms with Gasteiger partial charge in [0.25, 0.3) is 5.91 Å². The molecule has 0 radical (unpaired) electrons. The van der Waals surface area contributed by atoms with Crippen LogP contribution in [0.2, 0.25) is 0 Å². The lowest BCUT2D eigenvalue weighted by Crippen LogP contribution is -2.49. The summed E-state index contributed by atoms with van der Waals surface area (Å²) in [7, 11) is 3.22. The molecule has 36 heavy (non-hydrogen) atoms. The van der Waals surface area contributed by atoms with Crippen molar-refractivity contribution in [1.82, 2.24) is 20.1 Å². The largest absolute Gasteiger partial charge is 0.493 e. The minimum Gasteiger partial charge on any atom is -0.493 e. The van der Waals surface area contributed by atoms with Gasteiger partial charge in [-0.1, -0.05) is 30.3 Å². The van der Waals surface area contributed by atoms with Crippen molar-refractivity contribution in [3.05, 3.63) is 71.2 Å². The lowest BCUT2D eigenvalue weighted by atomic mass is 10.1. The van der Waals surface area contributed by atoms with Crippen LogP contribution in [0.1, 0.15) is 15.4 Å². The van der Waals surface area contributed by atoms with E-state index in [1.165, 1.54) is 11.3 Å². The van der Waals surface area contributed by atoms with Gasteiger partial charge in [-0.15, -0.1) is 21.5 Å². The molecule has 0 spiro atoms. The highest BCUT2D eigenvalue weighted by atomic mass is 32.1. The van der Waals surface area contributed by atoms with E-state index < -0.39 is 0 Å². The van der Waals surface area contributed by atoms with E-state index in [2.05, 4.69) is 20.1 Å². The SMILES string of the molecule is COc1ccc(-c2ccc(N3CCN(C(=O)c4sc(-c5ccccc5)nc4C)CC3)nn2)cc1OC. The van der Waals surface area contributed by atoms with E-state index in [9.17, 15) is 4.79 Å². The van der Waals surface area contributed by atoms with Gasteiger partial charge in [-0.05, 0) is 37.3 Å². The molecule has 4 aromatic rings. The average Bonchev–Trinajstić information content (AvgIpc) is 3.34. The number of aromatic nitrogens is 3. The van der Waals surface area contributed by atoms with Crippen LogP contribution in [0.25, 0.3) is 21.8 Å². The molecule has 0 atom stereocenters. The van der Waals surface area contributed by atoms with E-state index >= 15 is 0 Å². The van der Waals surface area contributed by atoms with Gasteiger partial charge in [0, 0.05) is 37.3 Å². The quantitative estimate of drug-likeness (QED) is 0.383. The van der Waals surface area contributed by atoms with Gasteiger partial charge in [-0.3, -0.25) is 4.79 Å². The van der Waals surface area contributed by atoms with Gasteiger partial charge in [0.05, 0.1) is 25.6 Å². The number of rotatable bonds is 6. The molecule has 2 aromatic heterocycles. The second-order valence-corrected chi connectivity index (χ2v) is 9.42. The lowest BCUT2D eigenvalue weighted by molar-refractivity contribution is 0.0750. The van der Waals surface area contributed by atoms with E-state index in [-0.39, 0.29) is 5.91 Å². The zero-order valence-electron chi connectivity index (χ0n) is 20.5. The summed E-state index contributed by atoms with van der Waals surface area (Å²) >= 11 is 1.46. The Balaban J connectivity index is 1.23. The number of hydrogen-bond donors (Lipinski definition) is 0. The van der Waals surface area contributed by atoms with Crippen molar-refractivity contribution >= 4 is 23.1 Å². The molecule has 5 rings (SSSR count). The molecule has 0 aliphatic carbocycles. The maximum absolute atomic E-state index is 13.2. The maximum Gasteiger partial charge on any atom is 0.265 e.